The first-order chi connectivity index (χ1) is 9.16. The second-order valence-corrected chi connectivity index (χ2v) is 5.15. The summed E-state index contributed by atoms with van der Waals surface area (Å²) in [5, 5.41) is 3.85. The highest BCUT2D eigenvalue weighted by atomic mass is 35.5. The molecule has 1 fully saturated rings. The molecule has 4 nitrogen and oxygen atoms in total. The van der Waals surface area contributed by atoms with Gasteiger partial charge in [-0.15, -0.1) is 12.4 Å². The maximum Gasteiger partial charge on any atom is 0.239 e. The number of carbonyl (C=O) groups is 1. The Balaban J connectivity index is 0.00000200. The van der Waals surface area contributed by atoms with E-state index in [2.05, 4.69) is 5.32 Å². The van der Waals surface area contributed by atoms with E-state index in [4.69, 9.17) is 16.3 Å². The lowest BCUT2D eigenvalue weighted by Crippen LogP contribution is -2.43. The van der Waals surface area contributed by atoms with Crippen LogP contribution < -0.4 is 10.1 Å². The molecule has 1 aromatic rings. The SMILES string of the molecule is CN(CCOc1cccc(Cl)c1)C(=O)[C@@H]1CCCN1.Cl. The second kappa shape index (κ2) is 8.35. The molecule has 20 heavy (non-hydrogen) atoms. The van der Waals surface area contributed by atoms with Crippen LogP contribution in [0.3, 0.4) is 0 Å². The third-order valence-electron chi connectivity index (χ3n) is 3.23. The lowest BCUT2D eigenvalue weighted by atomic mass is 10.2. The Hall–Kier alpha value is -0.970. The minimum Gasteiger partial charge on any atom is -0.492 e. The number of benzene rings is 1. The number of amides is 1. The molecule has 0 spiro atoms. The van der Waals surface area contributed by atoms with Crippen molar-refractivity contribution in [1.29, 1.82) is 0 Å². The van der Waals surface area contributed by atoms with Gasteiger partial charge in [0.25, 0.3) is 0 Å². The van der Waals surface area contributed by atoms with Crippen LogP contribution in [-0.2, 0) is 4.79 Å². The van der Waals surface area contributed by atoms with E-state index < -0.39 is 0 Å². The highest BCUT2D eigenvalue weighted by Crippen LogP contribution is 2.17. The highest BCUT2D eigenvalue weighted by molar-refractivity contribution is 6.30. The van der Waals surface area contributed by atoms with Crippen molar-refractivity contribution in [3.63, 3.8) is 0 Å². The smallest absolute Gasteiger partial charge is 0.239 e. The number of nitrogens with one attached hydrogen (secondary N) is 1. The molecular weight excluding hydrogens is 299 g/mol. The lowest BCUT2D eigenvalue weighted by Gasteiger charge is -2.21. The van der Waals surface area contributed by atoms with Crippen molar-refractivity contribution in [1.82, 2.24) is 10.2 Å². The zero-order valence-electron chi connectivity index (χ0n) is 11.5. The molecule has 0 saturated carbocycles. The van der Waals surface area contributed by atoms with Crippen molar-refractivity contribution < 1.29 is 9.53 Å². The van der Waals surface area contributed by atoms with Crippen molar-refractivity contribution in [2.24, 2.45) is 0 Å². The molecule has 2 rings (SSSR count). The number of carbonyl (C=O) groups excluding carboxylic acids is 1. The summed E-state index contributed by atoms with van der Waals surface area (Å²) in [5.74, 6) is 0.875. The van der Waals surface area contributed by atoms with Crippen LogP contribution in [0, 0.1) is 0 Å². The molecule has 1 aliphatic rings. The predicted molar refractivity (Wildman–Crippen MR) is 82.9 cm³/mol. The maximum absolute atomic E-state index is 12.0. The molecule has 112 valence electrons. The predicted octanol–water partition coefficient (Wildman–Crippen LogP) is 2.35. The summed E-state index contributed by atoms with van der Waals surface area (Å²) >= 11 is 5.87. The fraction of sp³-hybridized carbons (Fsp3) is 0.500. The summed E-state index contributed by atoms with van der Waals surface area (Å²) in [6.07, 6.45) is 2.00. The van der Waals surface area contributed by atoms with E-state index in [-0.39, 0.29) is 24.4 Å². The molecule has 0 unspecified atom stereocenters. The standard InChI is InChI=1S/C14H19ClN2O2.ClH/c1-17(14(18)13-6-3-7-16-13)8-9-19-12-5-2-4-11(15)10-12;/h2,4-5,10,13,16H,3,6-9H2,1H3;1H/t13-;/m0./s1. The van der Waals surface area contributed by atoms with Gasteiger partial charge in [-0.2, -0.15) is 0 Å². The van der Waals surface area contributed by atoms with E-state index in [0.29, 0.717) is 18.2 Å². The minimum absolute atomic E-state index is 0. The Morgan fingerprint density at radius 2 is 2.35 bits per heavy atom. The Morgan fingerprint density at radius 3 is 3.00 bits per heavy atom. The van der Waals surface area contributed by atoms with Crippen molar-refractivity contribution in [2.75, 3.05) is 26.7 Å². The molecule has 0 aliphatic carbocycles. The van der Waals surface area contributed by atoms with E-state index in [1.165, 1.54) is 0 Å². The molecule has 0 radical (unpaired) electrons. The number of halogens is 2. The number of hydrogen-bond acceptors (Lipinski definition) is 3. The van der Waals surface area contributed by atoms with E-state index in [9.17, 15) is 4.79 Å². The van der Waals surface area contributed by atoms with Crippen molar-refractivity contribution in [3.8, 4) is 5.75 Å². The monoisotopic (exact) mass is 318 g/mol. The average Bonchev–Trinajstić information content (AvgIpc) is 2.91. The van der Waals surface area contributed by atoms with Crippen molar-refractivity contribution in [3.05, 3.63) is 29.3 Å². The van der Waals surface area contributed by atoms with E-state index in [1.807, 2.05) is 19.2 Å². The fourth-order valence-electron chi connectivity index (χ4n) is 2.13. The summed E-state index contributed by atoms with van der Waals surface area (Å²) in [5.41, 5.74) is 0. The number of nitrogens with zero attached hydrogens (tertiary/aromatic N) is 1. The second-order valence-electron chi connectivity index (χ2n) is 4.71. The zero-order valence-corrected chi connectivity index (χ0v) is 13.0. The van der Waals surface area contributed by atoms with Gasteiger partial charge in [-0.05, 0) is 37.6 Å². The number of ether oxygens (including phenoxy) is 1. The Bertz CT molecular complexity index is 437. The minimum atomic E-state index is -0.0174. The van der Waals surface area contributed by atoms with Crippen molar-refractivity contribution >= 4 is 29.9 Å². The largest absolute Gasteiger partial charge is 0.492 e. The van der Waals surface area contributed by atoms with Crippen LogP contribution >= 0.6 is 24.0 Å². The quantitative estimate of drug-likeness (QED) is 0.906. The lowest BCUT2D eigenvalue weighted by molar-refractivity contribution is -0.132. The van der Waals surface area contributed by atoms with Gasteiger partial charge in [-0.25, -0.2) is 0 Å². The Kier molecular flexibility index (Phi) is 7.13. The summed E-state index contributed by atoms with van der Waals surface area (Å²) in [7, 11) is 1.81. The van der Waals surface area contributed by atoms with Crippen LogP contribution in [0.5, 0.6) is 5.75 Å². The van der Waals surface area contributed by atoms with Gasteiger partial charge in [0.1, 0.15) is 12.4 Å². The van der Waals surface area contributed by atoms with E-state index in [0.717, 1.165) is 25.1 Å². The molecule has 1 heterocycles. The fourth-order valence-corrected chi connectivity index (χ4v) is 2.31. The molecule has 1 N–H and O–H groups in total. The van der Waals surface area contributed by atoms with Gasteiger partial charge in [0.05, 0.1) is 12.6 Å². The average molecular weight is 319 g/mol. The van der Waals surface area contributed by atoms with Crippen LogP contribution in [-0.4, -0.2) is 43.6 Å². The maximum atomic E-state index is 12.0. The van der Waals surface area contributed by atoms with Crippen LogP contribution in [0.4, 0.5) is 0 Å². The Morgan fingerprint density at radius 1 is 1.55 bits per heavy atom. The molecule has 1 amide bonds. The molecule has 6 heteroatoms. The highest BCUT2D eigenvalue weighted by Gasteiger charge is 2.24. The third kappa shape index (κ3) is 4.85. The number of likely N-dealkylation sites (N-methyl/N-ethyl adjacent to an activating group) is 1. The van der Waals surface area contributed by atoms with Gasteiger partial charge < -0.3 is 15.0 Å². The van der Waals surface area contributed by atoms with Gasteiger partial charge in [0.2, 0.25) is 5.91 Å². The van der Waals surface area contributed by atoms with Crippen LogP contribution in [0.1, 0.15) is 12.8 Å². The first-order valence-corrected chi connectivity index (χ1v) is 6.91. The summed E-state index contributed by atoms with van der Waals surface area (Å²) < 4.78 is 5.57. The van der Waals surface area contributed by atoms with Gasteiger partial charge in [0.15, 0.2) is 0 Å². The van der Waals surface area contributed by atoms with Gasteiger partial charge >= 0.3 is 0 Å². The summed E-state index contributed by atoms with van der Waals surface area (Å²) in [6, 6.07) is 7.25. The first-order valence-electron chi connectivity index (χ1n) is 6.53. The molecule has 1 saturated heterocycles. The van der Waals surface area contributed by atoms with Crippen LogP contribution in [0.25, 0.3) is 0 Å². The molecule has 1 aromatic carbocycles. The molecule has 0 aromatic heterocycles. The molecule has 1 aliphatic heterocycles. The topological polar surface area (TPSA) is 41.6 Å². The number of hydrogen-bond donors (Lipinski definition) is 1. The van der Waals surface area contributed by atoms with E-state index in [1.54, 1.807) is 17.0 Å². The van der Waals surface area contributed by atoms with Crippen molar-refractivity contribution in [2.45, 2.75) is 18.9 Å². The molecular formula is C14H20Cl2N2O2. The molecule has 1 atom stereocenters. The van der Waals surface area contributed by atoms with E-state index >= 15 is 0 Å². The van der Waals surface area contributed by atoms with Crippen LogP contribution in [0.2, 0.25) is 5.02 Å². The normalized spacial score (nSPS) is 17.4. The Labute approximate surface area is 130 Å². The summed E-state index contributed by atoms with van der Waals surface area (Å²) in [6.45, 7) is 1.97. The van der Waals surface area contributed by atoms with Gasteiger partial charge in [-0.3, -0.25) is 4.79 Å². The zero-order chi connectivity index (χ0) is 13.7. The van der Waals surface area contributed by atoms with Crippen LogP contribution in [0.15, 0.2) is 24.3 Å². The van der Waals surface area contributed by atoms with Gasteiger partial charge in [0, 0.05) is 12.1 Å². The number of rotatable bonds is 5. The van der Waals surface area contributed by atoms with Gasteiger partial charge in [-0.1, -0.05) is 17.7 Å². The molecule has 0 bridgehead atoms. The summed E-state index contributed by atoms with van der Waals surface area (Å²) in [4.78, 5) is 13.7. The third-order valence-corrected chi connectivity index (χ3v) is 3.46. The first kappa shape index (κ1) is 17.1.